The summed E-state index contributed by atoms with van der Waals surface area (Å²) < 4.78 is 7.18. The minimum Gasteiger partial charge on any atom is -0.497 e. The first-order chi connectivity index (χ1) is 13.2. The highest BCUT2D eigenvalue weighted by atomic mass is 32.2. The number of nitrogens with one attached hydrogen (secondary N) is 1. The number of carbonyl (C=O) groups excluding carboxylic acids is 1. The lowest BCUT2D eigenvalue weighted by atomic mass is 10.1. The fraction of sp³-hybridized carbons (Fsp3) is 0.250. The number of benzene rings is 2. The van der Waals surface area contributed by atoms with Crippen LogP contribution in [0.25, 0.3) is 0 Å². The summed E-state index contributed by atoms with van der Waals surface area (Å²) in [5, 5.41) is 12.2. The zero-order valence-electron chi connectivity index (χ0n) is 15.4. The minimum absolute atomic E-state index is 0.152. The number of carbonyl (C=O) groups is 1. The summed E-state index contributed by atoms with van der Waals surface area (Å²) >= 11 is 1.55. The van der Waals surface area contributed by atoms with Crippen LogP contribution in [-0.4, -0.2) is 34.0 Å². The number of ether oxygens (including phenoxy) is 1. The monoisotopic (exact) mass is 382 g/mol. The quantitative estimate of drug-likeness (QED) is 0.606. The molecule has 2 aromatic carbocycles. The number of hydrogen-bond donors (Lipinski definition) is 1. The Hall–Kier alpha value is -2.80. The van der Waals surface area contributed by atoms with Crippen LogP contribution in [0.1, 0.15) is 21.7 Å². The summed E-state index contributed by atoms with van der Waals surface area (Å²) in [4.78, 5) is 12.4. The second kappa shape index (κ2) is 9.23. The molecule has 1 N–H and O–H groups in total. The maximum absolute atomic E-state index is 12.4. The SMILES string of the molecule is COc1ccc(C(=O)NCc2nnc(SC)n2CCc2ccccc2)cc1. The Morgan fingerprint density at radius 2 is 1.85 bits per heavy atom. The molecule has 0 radical (unpaired) electrons. The van der Waals surface area contributed by atoms with Crippen molar-refractivity contribution in [1.29, 1.82) is 0 Å². The number of thioether (sulfide) groups is 1. The molecule has 3 rings (SSSR count). The lowest BCUT2D eigenvalue weighted by molar-refractivity contribution is 0.0949. The van der Waals surface area contributed by atoms with Crippen molar-refractivity contribution >= 4 is 17.7 Å². The Balaban J connectivity index is 1.65. The Morgan fingerprint density at radius 3 is 2.52 bits per heavy atom. The van der Waals surface area contributed by atoms with Gasteiger partial charge in [-0.25, -0.2) is 0 Å². The number of methoxy groups -OCH3 is 1. The Bertz CT molecular complexity index is 879. The molecule has 1 heterocycles. The molecule has 7 heteroatoms. The van der Waals surface area contributed by atoms with Gasteiger partial charge in [-0.3, -0.25) is 4.79 Å². The minimum atomic E-state index is -0.152. The highest BCUT2D eigenvalue weighted by Crippen LogP contribution is 2.16. The van der Waals surface area contributed by atoms with Crippen LogP contribution in [0.15, 0.2) is 59.8 Å². The van der Waals surface area contributed by atoms with Crippen LogP contribution in [0.4, 0.5) is 0 Å². The highest BCUT2D eigenvalue weighted by Gasteiger charge is 2.13. The van der Waals surface area contributed by atoms with Crippen molar-refractivity contribution in [3.8, 4) is 5.75 Å². The number of rotatable bonds is 8. The largest absolute Gasteiger partial charge is 0.497 e. The normalized spacial score (nSPS) is 10.6. The van der Waals surface area contributed by atoms with Gasteiger partial charge in [0.05, 0.1) is 13.7 Å². The molecule has 0 aliphatic heterocycles. The first-order valence-corrected chi connectivity index (χ1v) is 9.86. The van der Waals surface area contributed by atoms with Gasteiger partial charge in [0, 0.05) is 12.1 Å². The molecule has 0 aliphatic carbocycles. The van der Waals surface area contributed by atoms with E-state index in [1.54, 1.807) is 43.1 Å². The van der Waals surface area contributed by atoms with E-state index in [-0.39, 0.29) is 5.91 Å². The van der Waals surface area contributed by atoms with Gasteiger partial charge in [-0.2, -0.15) is 0 Å². The fourth-order valence-electron chi connectivity index (χ4n) is 2.71. The van der Waals surface area contributed by atoms with E-state index < -0.39 is 0 Å². The summed E-state index contributed by atoms with van der Waals surface area (Å²) in [6, 6.07) is 17.3. The van der Waals surface area contributed by atoms with Gasteiger partial charge < -0.3 is 14.6 Å². The molecule has 140 valence electrons. The molecule has 1 aromatic heterocycles. The third-order valence-electron chi connectivity index (χ3n) is 4.20. The van der Waals surface area contributed by atoms with Crippen molar-refractivity contribution < 1.29 is 9.53 Å². The smallest absolute Gasteiger partial charge is 0.251 e. The summed E-state index contributed by atoms with van der Waals surface area (Å²) in [6.45, 7) is 1.09. The number of hydrogen-bond acceptors (Lipinski definition) is 5. The van der Waals surface area contributed by atoms with E-state index in [4.69, 9.17) is 4.74 Å². The molecule has 0 aliphatic rings. The van der Waals surface area contributed by atoms with Gasteiger partial charge >= 0.3 is 0 Å². The molecule has 6 nitrogen and oxygen atoms in total. The predicted octanol–water partition coefficient (Wildman–Crippen LogP) is 3.18. The standard InChI is InChI=1S/C20H22N4O2S/c1-26-17-10-8-16(9-11-17)19(25)21-14-18-22-23-20(27-2)24(18)13-12-15-6-4-3-5-7-15/h3-11H,12-14H2,1-2H3,(H,21,25). The van der Waals surface area contributed by atoms with Gasteiger partial charge in [0.25, 0.3) is 5.91 Å². The lowest BCUT2D eigenvalue weighted by Crippen LogP contribution is -2.25. The first-order valence-electron chi connectivity index (χ1n) is 8.63. The maximum atomic E-state index is 12.4. The van der Waals surface area contributed by atoms with Gasteiger partial charge in [-0.1, -0.05) is 42.1 Å². The summed E-state index contributed by atoms with van der Waals surface area (Å²) in [7, 11) is 1.60. The van der Waals surface area contributed by atoms with Crippen molar-refractivity contribution in [2.45, 2.75) is 24.7 Å². The van der Waals surface area contributed by atoms with Crippen LogP contribution in [0, 0.1) is 0 Å². The molecule has 0 fully saturated rings. The fourth-order valence-corrected chi connectivity index (χ4v) is 3.25. The Kier molecular flexibility index (Phi) is 6.49. The van der Waals surface area contributed by atoms with E-state index in [1.807, 2.05) is 24.5 Å². The van der Waals surface area contributed by atoms with Gasteiger partial charge in [0.15, 0.2) is 11.0 Å². The zero-order valence-corrected chi connectivity index (χ0v) is 16.2. The van der Waals surface area contributed by atoms with Crippen LogP contribution in [0.5, 0.6) is 5.75 Å². The van der Waals surface area contributed by atoms with Crippen LogP contribution < -0.4 is 10.1 Å². The average molecular weight is 382 g/mol. The maximum Gasteiger partial charge on any atom is 0.251 e. The van der Waals surface area contributed by atoms with Crippen LogP contribution in [-0.2, 0) is 19.5 Å². The molecule has 27 heavy (non-hydrogen) atoms. The molecule has 0 spiro atoms. The molecule has 0 atom stereocenters. The van der Waals surface area contributed by atoms with Gasteiger partial charge in [0.2, 0.25) is 0 Å². The summed E-state index contributed by atoms with van der Waals surface area (Å²) in [6.07, 6.45) is 2.86. The van der Waals surface area contributed by atoms with Crippen LogP contribution in [0.2, 0.25) is 0 Å². The van der Waals surface area contributed by atoms with Crippen molar-refractivity contribution in [1.82, 2.24) is 20.1 Å². The second-order valence-corrected chi connectivity index (χ2v) is 6.67. The van der Waals surface area contributed by atoms with E-state index >= 15 is 0 Å². The van der Waals surface area contributed by atoms with Crippen molar-refractivity contribution in [3.05, 3.63) is 71.5 Å². The summed E-state index contributed by atoms with van der Waals surface area (Å²) in [5.41, 5.74) is 1.84. The molecular formula is C20H22N4O2S. The second-order valence-electron chi connectivity index (χ2n) is 5.90. The van der Waals surface area contributed by atoms with E-state index in [9.17, 15) is 4.79 Å². The number of aromatic nitrogens is 3. The van der Waals surface area contributed by atoms with E-state index in [0.29, 0.717) is 12.1 Å². The van der Waals surface area contributed by atoms with Crippen molar-refractivity contribution in [2.24, 2.45) is 0 Å². The molecular weight excluding hydrogens is 360 g/mol. The van der Waals surface area contributed by atoms with Crippen LogP contribution >= 0.6 is 11.8 Å². The summed E-state index contributed by atoms with van der Waals surface area (Å²) in [5.74, 6) is 1.31. The third-order valence-corrected chi connectivity index (χ3v) is 4.87. The van der Waals surface area contributed by atoms with Crippen molar-refractivity contribution in [3.63, 3.8) is 0 Å². The van der Waals surface area contributed by atoms with Crippen molar-refractivity contribution in [2.75, 3.05) is 13.4 Å². The zero-order chi connectivity index (χ0) is 19.1. The average Bonchev–Trinajstić information content (AvgIpc) is 3.13. The third kappa shape index (κ3) is 4.89. The van der Waals surface area contributed by atoms with E-state index in [0.717, 1.165) is 29.7 Å². The number of nitrogens with zero attached hydrogens (tertiary/aromatic N) is 3. The first kappa shape index (κ1) is 19.0. The lowest BCUT2D eigenvalue weighted by Gasteiger charge is -2.10. The number of aryl methyl sites for hydroxylation is 1. The topological polar surface area (TPSA) is 69.0 Å². The number of amides is 1. The predicted molar refractivity (Wildman–Crippen MR) is 106 cm³/mol. The molecule has 0 unspecified atom stereocenters. The molecule has 0 saturated carbocycles. The van der Waals surface area contributed by atoms with Gasteiger partial charge in [0.1, 0.15) is 5.75 Å². The van der Waals surface area contributed by atoms with Crippen LogP contribution in [0.3, 0.4) is 0 Å². The Labute approximate surface area is 163 Å². The molecule has 0 saturated heterocycles. The van der Waals surface area contributed by atoms with Gasteiger partial charge in [-0.15, -0.1) is 10.2 Å². The van der Waals surface area contributed by atoms with E-state index in [2.05, 4.69) is 32.2 Å². The molecule has 1 amide bonds. The van der Waals surface area contributed by atoms with E-state index in [1.165, 1.54) is 5.56 Å². The Morgan fingerprint density at radius 1 is 1.11 bits per heavy atom. The molecule has 0 bridgehead atoms. The highest BCUT2D eigenvalue weighted by molar-refractivity contribution is 7.98. The van der Waals surface area contributed by atoms with Gasteiger partial charge in [-0.05, 0) is 42.5 Å². The molecule has 3 aromatic rings.